The van der Waals surface area contributed by atoms with Gasteiger partial charge in [-0.05, 0) is 58.9 Å². The lowest BCUT2D eigenvalue weighted by atomic mass is 9.99. The van der Waals surface area contributed by atoms with Crippen LogP contribution in [0.4, 0.5) is 0 Å². The summed E-state index contributed by atoms with van der Waals surface area (Å²) in [4.78, 5) is 4.97. The summed E-state index contributed by atoms with van der Waals surface area (Å²) in [6, 6.07) is 0.791. The number of rotatable bonds is 6. The average Bonchev–Trinajstić information content (AvgIpc) is 2.29. The minimum absolute atomic E-state index is 0.709. The van der Waals surface area contributed by atoms with E-state index >= 15 is 0 Å². The zero-order chi connectivity index (χ0) is 12.0. The predicted octanol–water partition coefficient (Wildman–Crippen LogP) is 1.39. The highest BCUT2D eigenvalue weighted by Gasteiger charge is 2.21. The van der Waals surface area contributed by atoms with Crippen molar-refractivity contribution in [3.8, 4) is 0 Å². The lowest BCUT2D eigenvalue weighted by Crippen LogP contribution is -2.44. The van der Waals surface area contributed by atoms with Gasteiger partial charge in [0.1, 0.15) is 0 Å². The van der Waals surface area contributed by atoms with E-state index in [4.69, 9.17) is 5.73 Å². The fourth-order valence-electron chi connectivity index (χ4n) is 2.68. The van der Waals surface area contributed by atoms with Crippen molar-refractivity contribution >= 4 is 0 Å². The molecule has 0 aromatic rings. The van der Waals surface area contributed by atoms with Crippen LogP contribution in [0.25, 0.3) is 0 Å². The Morgan fingerprint density at radius 2 is 1.94 bits per heavy atom. The second-order valence-electron chi connectivity index (χ2n) is 5.39. The van der Waals surface area contributed by atoms with Crippen molar-refractivity contribution < 1.29 is 0 Å². The molecule has 3 heteroatoms. The van der Waals surface area contributed by atoms with Crippen molar-refractivity contribution in [2.75, 3.05) is 40.3 Å². The van der Waals surface area contributed by atoms with Gasteiger partial charge in [-0.2, -0.15) is 0 Å². The molecule has 96 valence electrons. The Morgan fingerprint density at radius 3 is 2.38 bits per heavy atom. The fourth-order valence-corrected chi connectivity index (χ4v) is 2.68. The molecule has 0 spiro atoms. The van der Waals surface area contributed by atoms with Gasteiger partial charge in [-0.3, -0.25) is 0 Å². The molecule has 0 amide bonds. The lowest BCUT2D eigenvalue weighted by molar-refractivity contribution is 0.129. The summed E-state index contributed by atoms with van der Waals surface area (Å²) in [6.07, 6.45) is 5.17. The quantitative estimate of drug-likeness (QED) is 0.744. The highest BCUT2D eigenvalue weighted by molar-refractivity contribution is 4.78. The number of nitrogens with two attached hydrogens (primary N) is 1. The lowest BCUT2D eigenvalue weighted by Gasteiger charge is -2.36. The van der Waals surface area contributed by atoms with Crippen molar-refractivity contribution in [1.82, 2.24) is 9.80 Å². The van der Waals surface area contributed by atoms with Crippen LogP contribution in [-0.2, 0) is 0 Å². The first-order chi connectivity index (χ1) is 7.67. The molecule has 1 heterocycles. The molecule has 0 saturated carbocycles. The highest BCUT2D eigenvalue weighted by Crippen LogP contribution is 2.16. The maximum absolute atomic E-state index is 5.82. The molecular formula is C13H29N3. The molecule has 0 aromatic carbocycles. The predicted molar refractivity (Wildman–Crippen MR) is 70.6 cm³/mol. The number of hydrogen-bond donors (Lipinski definition) is 1. The standard InChI is InChI=1S/C13H29N3/c1-4-5-12(10-14)11-16-8-6-13(7-9-16)15(2)3/h12-13H,4-11,14H2,1-3H3. The zero-order valence-electron chi connectivity index (χ0n) is 11.3. The zero-order valence-corrected chi connectivity index (χ0v) is 11.3. The van der Waals surface area contributed by atoms with Gasteiger partial charge < -0.3 is 15.5 Å². The SMILES string of the molecule is CCCC(CN)CN1CCC(N(C)C)CC1. The minimum atomic E-state index is 0.709. The largest absolute Gasteiger partial charge is 0.330 e. The molecule has 1 unspecified atom stereocenters. The maximum Gasteiger partial charge on any atom is 0.0113 e. The first-order valence-electron chi connectivity index (χ1n) is 6.76. The van der Waals surface area contributed by atoms with E-state index in [0.29, 0.717) is 5.92 Å². The van der Waals surface area contributed by atoms with Crippen LogP contribution >= 0.6 is 0 Å². The van der Waals surface area contributed by atoms with Gasteiger partial charge in [0.15, 0.2) is 0 Å². The Kier molecular flexibility index (Phi) is 6.32. The van der Waals surface area contributed by atoms with E-state index in [2.05, 4.69) is 30.8 Å². The maximum atomic E-state index is 5.82. The van der Waals surface area contributed by atoms with E-state index in [1.165, 1.54) is 45.3 Å². The van der Waals surface area contributed by atoms with Crippen LogP contribution in [-0.4, -0.2) is 56.1 Å². The summed E-state index contributed by atoms with van der Waals surface area (Å²) < 4.78 is 0. The number of hydrogen-bond acceptors (Lipinski definition) is 3. The van der Waals surface area contributed by atoms with E-state index in [0.717, 1.165) is 12.6 Å². The summed E-state index contributed by atoms with van der Waals surface area (Å²) >= 11 is 0. The Labute approximate surface area is 101 Å². The van der Waals surface area contributed by atoms with Crippen molar-refractivity contribution in [2.24, 2.45) is 11.7 Å². The molecule has 1 aliphatic rings. The van der Waals surface area contributed by atoms with Crippen LogP contribution in [0.3, 0.4) is 0 Å². The van der Waals surface area contributed by atoms with Crippen LogP contribution in [0.1, 0.15) is 32.6 Å². The fraction of sp³-hybridized carbons (Fsp3) is 1.00. The first-order valence-corrected chi connectivity index (χ1v) is 6.76. The Balaban J connectivity index is 2.25. The summed E-state index contributed by atoms with van der Waals surface area (Å²) in [5.74, 6) is 0.709. The monoisotopic (exact) mass is 227 g/mol. The molecule has 0 radical (unpaired) electrons. The second kappa shape index (κ2) is 7.25. The Morgan fingerprint density at radius 1 is 1.31 bits per heavy atom. The third kappa shape index (κ3) is 4.40. The summed E-state index contributed by atoms with van der Waals surface area (Å²) in [6.45, 7) is 6.82. The van der Waals surface area contributed by atoms with Gasteiger partial charge in [-0.25, -0.2) is 0 Å². The van der Waals surface area contributed by atoms with Gasteiger partial charge in [0.05, 0.1) is 0 Å². The van der Waals surface area contributed by atoms with Crippen molar-refractivity contribution in [3.63, 3.8) is 0 Å². The topological polar surface area (TPSA) is 32.5 Å². The molecule has 1 atom stereocenters. The Bertz CT molecular complexity index is 174. The van der Waals surface area contributed by atoms with E-state index in [1.807, 2.05) is 0 Å². The minimum Gasteiger partial charge on any atom is -0.330 e. The summed E-state index contributed by atoms with van der Waals surface area (Å²) in [5.41, 5.74) is 5.82. The molecule has 0 aliphatic carbocycles. The molecule has 1 fully saturated rings. The van der Waals surface area contributed by atoms with Crippen LogP contribution in [0.15, 0.2) is 0 Å². The van der Waals surface area contributed by atoms with Crippen molar-refractivity contribution in [2.45, 2.75) is 38.6 Å². The molecule has 1 aliphatic heterocycles. The average molecular weight is 227 g/mol. The van der Waals surface area contributed by atoms with Crippen LogP contribution in [0.2, 0.25) is 0 Å². The summed E-state index contributed by atoms with van der Waals surface area (Å²) in [5, 5.41) is 0. The first kappa shape index (κ1) is 13.9. The normalized spacial score (nSPS) is 21.6. The molecule has 16 heavy (non-hydrogen) atoms. The highest BCUT2D eigenvalue weighted by atomic mass is 15.2. The van der Waals surface area contributed by atoms with Gasteiger partial charge in [0.2, 0.25) is 0 Å². The van der Waals surface area contributed by atoms with Crippen LogP contribution < -0.4 is 5.73 Å². The third-order valence-electron chi connectivity index (χ3n) is 3.83. The molecule has 2 N–H and O–H groups in total. The van der Waals surface area contributed by atoms with Crippen LogP contribution in [0.5, 0.6) is 0 Å². The number of nitrogens with zero attached hydrogens (tertiary/aromatic N) is 2. The second-order valence-corrected chi connectivity index (χ2v) is 5.39. The van der Waals surface area contributed by atoms with E-state index < -0.39 is 0 Å². The molecule has 0 aromatic heterocycles. The van der Waals surface area contributed by atoms with Gasteiger partial charge in [-0.15, -0.1) is 0 Å². The van der Waals surface area contributed by atoms with Crippen molar-refractivity contribution in [1.29, 1.82) is 0 Å². The molecular weight excluding hydrogens is 198 g/mol. The van der Waals surface area contributed by atoms with E-state index in [1.54, 1.807) is 0 Å². The third-order valence-corrected chi connectivity index (χ3v) is 3.83. The molecule has 1 rings (SSSR count). The van der Waals surface area contributed by atoms with Gasteiger partial charge in [-0.1, -0.05) is 13.3 Å². The molecule has 3 nitrogen and oxygen atoms in total. The van der Waals surface area contributed by atoms with Gasteiger partial charge >= 0.3 is 0 Å². The van der Waals surface area contributed by atoms with Crippen molar-refractivity contribution in [3.05, 3.63) is 0 Å². The Hall–Kier alpha value is -0.120. The smallest absolute Gasteiger partial charge is 0.0113 e. The van der Waals surface area contributed by atoms with E-state index in [9.17, 15) is 0 Å². The number of piperidine rings is 1. The summed E-state index contributed by atoms with van der Waals surface area (Å²) in [7, 11) is 4.39. The van der Waals surface area contributed by atoms with Gasteiger partial charge in [0, 0.05) is 12.6 Å². The molecule has 0 bridgehead atoms. The van der Waals surface area contributed by atoms with Crippen LogP contribution in [0, 0.1) is 5.92 Å². The van der Waals surface area contributed by atoms with E-state index in [-0.39, 0.29) is 0 Å². The van der Waals surface area contributed by atoms with Gasteiger partial charge in [0.25, 0.3) is 0 Å². The molecule has 1 saturated heterocycles. The number of likely N-dealkylation sites (tertiary alicyclic amines) is 1.